The molecule has 5 nitrogen and oxygen atoms in total. The predicted octanol–water partition coefficient (Wildman–Crippen LogP) is 2.91. The van der Waals surface area contributed by atoms with Gasteiger partial charge in [0.05, 0.1) is 12.9 Å². The Morgan fingerprint density at radius 1 is 1.30 bits per heavy atom. The van der Waals surface area contributed by atoms with E-state index in [2.05, 4.69) is 12.2 Å². The molecule has 0 bridgehead atoms. The molecule has 1 N–H and O–H groups in total. The maximum absolute atomic E-state index is 11.7. The van der Waals surface area contributed by atoms with Crippen LogP contribution in [-0.2, 0) is 9.53 Å². The van der Waals surface area contributed by atoms with E-state index in [9.17, 15) is 9.59 Å². The van der Waals surface area contributed by atoms with Gasteiger partial charge in [0.1, 0.15) is 6.04 Å². The fraction of sp³-hybridized carbons (Fsp3) is 0.600. The molecule has 20 heavy (non-hydrogen) atoms. The minimum absolute atomic E-state index is 0.184. The molecule has 0 fully saturated rings. The Labute approximate surface area is 119 Å². The summed E-state index contributed by atoms with van der Waals surface area (Å²) < 4.78 is 10.1. The van der Waals surface area contributed by atoms with E-state index in [-0.39, 0.29) is 5.76 Å². The van der Waals surface area contributed by atoms with Gasteiger partial charge in [0.2, 0.25) is 0 Å². The van der Waals surface area contributed by atoms with Crippen LogP contribution in [0.5, 0.6) is 0 Å². The molecule has 0 spiro atoms. The molecule has 0 aromatic carbocycles. The smallest absolute Gasteiger partial charge is 0.328 e. The molecular formula is C15H23NO4. The fourth-order valence-corrected chi connectivity index (χ4v) is 1.74. The summed E-state index contributed by atoms with van der Waals surface area (Å²) >= 11 is 0. The lowest BCUT2D eigenvalue weighted by Gasteiger charge is -2.12. The van der Waals surface area contributed by atoms with Crippen LogP contribution in [0, 0.1) is 0 Å². The second-order valence-electron chi connectivity index (χ2n) is 4.75. The van der Waals surface area contributed by atoms with E-state index < -0.39 is 17.9 Å². The number of furan rings is 1. The van der Waals surface area contributed by atoms with Gasteiger partial charge in [-0.05, 0) is 25.5 Å². The van der Waals surface area contributed by atoms with Crippen LogP contribution in [0.15, 0.2) is 22.8 Å². The van der Waals surface area contributed by atoms with Crippen molar-refractivity contribution in [2.24, 2.45) is 0 Å². The highest BCUT2D eigenvalue weighted by atomic mass is 16.5. The number of hydrogen-bond donors (Lipinski definition) is 1. The summed E-state index contributed by atoms with van der Waals surface area (Å²) in [6, 6.07) is 2.48. The van der Waals surface area contributed by atoms with E-state index in [0.717, 1.165) is 12.8 Å². The molecule has 5 heteroatoms. The average Bonchev–Trinajstić information content (AvgIpc) is 2.96. The standard InChI is InChI=1S/C15H23NO4/c1-3-4-5-6-7-10-20-15(18)12(2)16-14(17)13-9-8-11-19-13/h8-9,11-12H,3-7,10H2,1-2H3,(H,16,17)/t12-/m0/s1. The second kappa shape index (κ2) is 9.18. The SMILES string of the molecule is CCCCCCCOC(=O)[C@H](C)NC(=O)c1ccco1. The number of hydrogen-bond acceptors (Lipinski definition) is 4. The van der Waals surface area contributed by atoms with Crippen molar-refractivity contribution in [3.63, 3.8) is 0 Å². The summed E-state index contributed by atoms with van der Waals surface area (Å²) in [5.74, 6) is -0.646. The molecule has 1 atom stereocenters. The topological polar surface area (TPSA) is 68.5 Å². The fourth-order valence-electron chi connectivity index (χ4n) is 1.74. The summed E-state index contributed by atoms with van der Waals surface area (Å²) in [7, 11) is 0. The lowest BCUT2D eigenvalue weighted by atomic mass is 10.2. The van der Waals surface area contributed by atoms with Crippen LogP contribution < -0.4 is 5.32 Å². The number of nitrogens with one attached hydrogen (secondary N) is 1. The number of amides is 1. The van der Waals surface area contributed by atoms with E-state index >= 15 is 0 Å². The highest BCUT2D eigenvalue weighted by Gasteiger charge is 2.18. The average molecular weight is 281 g/mol. The van der Waals surface area contributed by atoms with E-state index in [0.29, 0.717) is 6.61 Å². The van der Waals surface area contributed by atoms with Crippen molar-refractivity contribution < 1.29 is 18.7 Å². The van der Waals surface area contributed by atoms with Crippen molar-refractivity contribution in [2.75, 3.05) is 6.61 Å². The zero-order valence-corrected chi connectivity index (χ0v) is 12.2. The molecular weight excluding hydrogens is 258 g/mol. The molecule has 1 rings (SSSR count). The van der Waals surface area contributed by atoms with E-state index in [1.54, 1.807) is 19.1 Å². The first kappa shape index (κ1) is 16.3. The normalized spacial score (nSPS) is 11.9. The molecule has 0 saturated carbocycles. The van der Waals surface area contributed by atoms with Crippen LogP contribution in [0.4, 0.5) is 0 Å². The van der Waals surface area contributed by atoms with Crippen LogP contribution >= 0.6 is 0 Å². The number of carbonyl (C=O) groups is 2. The van der Waals surface area contributed by atoms with Gasteiger partial charge in [-0.15, -0.1) is 0 Å². The molecule has 0 aliphatic carbocycles. The first-order valence-electron chi connectivity index (χ1n) is 7.16. The number of rotatable bonds is 9. The minimum Gasteiger partial charge on any atom is -0.464 e. The van der Waals surface area contributed by atoms with Gasteiger partial charge >= 0.3 is 5.97 Å². The van der Waals surface area contributed by atoms with Gasteiger partial charge in [-0.2, -0.15) is 0 Å². The molecule has 1 aromatic heterocycles. The molecule has 0 unspecified atom stereocenters. The second-order valence-corrected chi connectivity index (χ2v) is 4.75. The summed E-state index contributed by atoms with van der Waals surface area (Å²) in [6.45, 7) is 4.16. The Balaban J connectivity index is 2.17. The summed E-state index contributed by atoms with van der Waals surface area (Å²) in [4.78, 5) is 23.3. The largest absolute Gasteiger partial charge is 0.464 e. The minimum atomic E-state index is -0.678. The van der Waals surface area contributed by atoms with Crippen LogP contribution in [-0.4, -0.2) is 24.5 Å². The molecule has 1 aromatic rings. The Hall–Kier alpha value is -1.78. The highest BCUT2D eigenvalue weighted by Crippen LogP contribution is 2.04. The number of carbonyl (C=O) groups excluding carboxylic acids is 2. The Morgan fingerprint density at radius 2 is 2.05 bits per heavy atom. The lowest BCUT2D eigenvalue weighted by molar-refractivity contribution is -0.145. The van der Waals surface area contributed by atoms with Gasteiger partial charge in [-0.3, -0.25) is 4.79 Å². The van der Waals surface area contributed by atoms with Crippen LogP contribution in [0.3, 0.4) is 0 Å². The molecule has 0 aliphatic heterocycles. The van der Waals surface area contributed by atoms with Gasteiger partial charge in [-0.25, -0.2) is 4.79 Å². The van der Waals surface area contributed by atoms with Crippen molar-refractivity contribution in [2.45, 2.75) is 52.0 Å². The van der Waals surface area contributed by atoms with Crippen molar-refractivity contribution in [3.8, 4) is 0 Å². The lowest BCUT2D eigenvalue weighted by Crippen LogP contribution is -2.39. The maximum atomic E-state index is 11.7. The van der Waals surface area contributed by atoms with E-state index in [1.807, 2.05) is 0 Å². The molecule has 1 heterocycles. The van der Waals surface area contributed by atoms with Gasteiger partial charge < -0.3 is 14.5 Å². The summed E-state index contributed by atoms with van der Waals surface area (Å²) in [5, 5.41) is 2.54. The first-order chi connectivity index (χ1) is 9.65. The first-order valence-corrected chi connectivity index (χ1v) is 7.16. The van der Waals surface area contributed by atoms with Crippen LogP contribution in [0.2, 0.25) is 0 Å². The number of ether oxygens (including phenoxy) is 1. The molecule has 112 valence electrons. The van der Waals surface area contributed by atoms with Gasteiger partial charge in [-0.1, -0.05) is 32.6 Å². The quantitative estimate of drug-likeness (QED) is 0.558. The van der Waals surface area contributed by atoms with Crippen molar-refractivity contribution in [3.05, 3.63) is 24.2 Å². The number of unbranched alkanes of at least 4 members (excludes halogenated alkanes) is 4. The molecule has 1 amide bonds. The Bertz CT molecular complexity index is 400. The van der Waals surface area contributed by atoms with Crippen LogP contribution in [0.25, 0.3) is 0 Å². The van der Waals surface area contributed by atoms with E-state index in [1.165, 1.54) is 25.5 Å². The van der Waals surface area contributed by atoms with Gasteiger partial charge in [0, 0.05) is 0 Å². The zero-order valence-electron chi connectivity index (χ0n) is 12.2. The summed E-state index contributed by atoms with van der Waals surface area (Å²) in [5.41, 5.74) is 0. The van der Waals surface area contributed by atoms with E-state index in [4.69, 9.17) is 9.15 Å². The van der Waals surface area contributed by atoms with Crippen molar-refractivity contribution in [1.82, 2.24) is 5.32 Å². The zero-order chi connectivity index (χ0) is 14.8. The molecule has 0 aliphatic rings. The third-order valence-corrected chi connectivity index (χ3v) is 2.94. The molecule has 0 radical (unpaired) electrons. The van der Waals surface area contributed by atoms with Crippen molar-refractivity contribution >= 4 is 11.9 Å². The van der Waals surface area contributed by atoms with Crippen LogP contribution in [0.1, 0.15) is 56.5 Å². The predicted molar refractivity (Wildman–Crippen MR) is 75.4 cm³/mol. The maximum Gasteiger partial charge on any atom is 0.328 e. The Morgan fingerprint density at radius 3 is 2.70 bits per heavy atom. The third kappa shape index (κ3) is 5.91. The molecule has 0 saturated heterocycles. The third-order valence-electron chi connectivity index (χ3n) is 2.94. The Kier molecular flexibility index (Phi) is 7.47. The monoisotopic (exact) mass is 281 g/mol. The summed E-state index contributed by atoms with van der Waals surface area (Å²) in [6.07, 6.45) is 6.91. The van der Waals surface area contributed by atoms with Gasteiger partial charge in [0.15, 0.2) is 5.76 Å². The van der Waals surface area contributed by atoms with Crippen molar-refractivity contribution in [1.29, 1.82) is 0 Å². The number of esters is 1. The van der Waals surface area contributed by atoms with Gasteiger partial charge in [0.25, 0.3) is 5.91 Å². The highest BCUT2D eigenvalue weighted by molar-refractivity contribution is 5.94.